The molecule has 1 heterocycles. The quantitative estimate of drug-likeness (QED) is 0.823. The number of hydrogen-bond acceptors (Lipinski definition) is 4. The van der Waals surface area contributed by atoms with Gasteiger partial charge in [0.05, 0.1) is 6.10 Å². The lowest BCUT2D eigenvalue weighted by Gasteiger charge is -2.10. The van der Waals surface area contributed by atoms with Gasteiger partial charge in [-0.3, -0.25) is 4.68 Å². The van der Waals surface area contributed by atoms with Crippen LogP contribution >= 0.6 is 11.8 Å². The molecule has 0 aliphatic carbocycles. The Morgan fingerprint density at radius 2 is 2.05 bits per heavy atom. The van der Waals surface area contributed by atoms with Gasteiger partial charge in [-0.05, 0) is 26.0 Å². The molecule has 1 aromatic heterocycles. The van der Waals surface area contributed by atoms with Crippen LogP contribution in [0, 0.1) is 6.92 Å². The molecule has 0 amide bonds. The lowest BCUT2D eigenvalue weighted by atomic mass is 10.2. The number of hydrogen-bond donors (Lipinski definition) is 1. The molecule has 1 N–H and O–H groups in total. The van der Waals surface area contributed by atoms with Crippen molar-refractivity contribution in [1.29, 1.82) is 0 Å². The van der Waals surface area contributed by atoms with Crippen molar-refractivity contribution in [3.63, 3.8) is 0 Å². The molecule has 1 atom stereocenters. The first-order valence-corrected chi connectivity index (χ1v) is 7.41. The first-order chi connectivity index (χ1) is 9.19. The molecular formula is C14H19N3OS. The molecule has 0 aliphatic heterocycles. The molecule has 19 heavy (non-hydrogen) atoms. The van der Waals surface area contributed by atoms with E-state index in [1.807, 2.05) is 11.6 Å². The molecule has 5 heteroatoms. The summed E-state index contributed by atoms with van der Waals surface area (Å²) in [6.45, 7) is 4.87. The van der Waals surface area contributed by atoms with Crippen molar-refractivity contribution in [2.45, 2.75) is 37.8 Å². The van der Waals surface area contributed by atoms with E-state index in [1.165, 1.54) is 10.5 Å². The molecule has 102 valence electrons. The fourth-order valence-corrected chi connectivity index (χ4v) is 2.64. The summed E-state index contributed by atoms with van der Waals surface area (Å²) in [6, 6.07) is 8.34. The molecule has 4 nitrogen and oxygen atoms in total. The fourth-order valence-electron chi connectivity index (χ4n) is 1.81. The number of aliphatic hydroxyl groups is 1. The first-order valence-electron chi connectivity index (χ1n) is 6.43. The number of aliphatic hydroxyl groups excluding tert-OH is 1. The van der Waals surface area contributed by atoms with E-state index in [1.54, 1.807) is 18.1 Å². The van der Waals surface area contributed by atoms with Crippen LogP contribution in [0.4, 0.5) is 0 Å². The van der Waals surface area contributed by atoms with Gasteiger partial charge in [0.2, 0.25) is 0 Å². The highest BCUT2D eigenvalue weighted by Crippen LogP contribution is 2.20. The number of aryl methyl sites for hydroxylation is 2. The predicted octanol–water partition coefficient (Wildman–Crippen LogP) is 2.30. The Kier molecular flexibility index (Phi) is 4.99. The van der Waals surface area contributed by atoms with E-state index in [0.29, 0.717) is 12.2 Å². The van der Waals surface area contributed by atoms with Crippen molar-refractivity contribution in [1.82, 2.24) is 14.8 Å². The van der Waals surface area contributed by atoms with E-state index in [2.05, 4.69) is 41.3 Å². The van der Waals surface area contributed by atoms with Crippen LogP contribution in [0.2, 0.25) is 0 Å². The lowest BCUT2D eigenvalue weighted by molar-refractivity contribution is 0.195. The summed E-state index contributed by atoms with van der Waals surface area (Å²) < 4.78 is 1.82. The van der Waals surface area contributed by atoms with Gasteiger partial charge in [0.15, 0.2) is 0 Å². The molecular weight excluding hydrogens is 258 g/mol. The Balaban J connectivity index is 1.84. The highest BCUT2D eigenvalue weighted by molar-refractivity contribution is 7.99. The standard InChI is InChI=1S/C14H19N3OS/c1-3-17-14(15-10-16-17)8-12(18)9-19-13-6-4-11(2)5-7-13/h4-7,10,12,18H,3,8-9H2,1-2H3. The Labute approximate surface area is 117 Å². The minimum Gasteiger partial charge on any atom is -0.392 e. The molecule has 0 bridgehead atoms. The van der Waals surface area contributed by atoms with Gasteiger partial charge < -0.3 is 5.11 Å². The third-order valence-electron chi connectivity index (χ3n) is 2.88. The summed E-state index contributed by atoms with van der Waals surface area (Å²) >= 11 is 1.67. The van der Waals surface area contributed by atoms with Gasteiger partial charge in [-0.2, -0.15) is 5.10 Å². The highest BCUT2D eigenvalue weighted by atomic mass is 32.2. The summed E-state index contributed by atoms with van der Waals surface area (Å²) in [6.07, 6.45) is 1.69. The van der Waals surface area contributed by atoms with Crippen molar-refractivity contribution in [2.75, 3.05) is 5.75 Å². The molecule has 1 unspecified atom stereocenters. The van der Waals surface area contributed by atoms with Gasteiger partial charge in [0, 0.05) is 23.6 Å². The molecule has 0 aliphatic rings. The zero-order valence-electron chi connectivity index (χ0n) is 11.3. The molecule has 1 aromatic carbocycles. The maximum absolute atomic E-state index is 10.1. The second-order valence-corrected chi connectivity index (χ2v) is 5.57. The summed E-state index contributed by atoms with van der Waals surface area (Å²) in [4.78, 5) is 5.36. The highest BCUT2D eigenvalue weighted by Gasteiger charge is 2.11. The van der Waals surface area contributed by atoms with Crippen LogP contribution in [0.3, 0.4) is 0 Å². The van der Waals surface area contributed by atoms with Gasteiger partial charge >= 0.3 is 0 Å². The zero-order valence-corrected chi connectivity index (χ0v) is 12.1. The molecule has 0 saturated carbocycles. The lowest BCUT2D eigenvalue weighted by Crippen LogP contribution is -2.17. The van der Waals surface area contributed by atoms with E-state index in [0.717, 1.165) is 12.4 Å². The predicted molar refractivity (Wildman–Crippen MR) is 77.3 cm³/mol. The second-order valence-electron chi connectivity index (χ2n) is 4.47. The number of nitrogens with zero attached hydrogens (tertiary/aromatic N) is 3. The Bertz CT molecular complexity index is 510. The van der Waals surface area contributed by atoms with E-state index >= 15 is 0 Å². The third kappa shape index (κ3) is 4.08. The first kappa shape index (κ1) is 14.1. The van der Waals surface area contributed by atoms with Crippen LogP contribution in [0.1, 0.15) is 18.3 Å². The largest absolute Gasteiger partial charge is 0.392 e. The van der Waals surface area contributed by atoms with Crippen LogP contribution in [-0.2, 0) is 13.0 Å². The van der Waals surface area contributed by atoms with Crippen LogP contribution in [-0.4, -0.2) is 31.7 Å². The number of aromatic nitrogens is 3. The average molecular weight is 277 g/mol. The molecule has 0 spiro atoms. The van der Waals surface area contributed by atoms with Crippen LogP contribution in [0.15, 0.2) is 35.5 Å². The summed E-state index contributed by atoms with van der Waals surface area (Å²) in [5.74, 6) is 1.51. The maximum Gasteiger partial charge on any atom is 0.138 e. The number of benzene rings is 1. The van der Waals surface area contributed by atoms with E-state index in [4.69, 9.17) is 0 Å². The fraction of sp³-hybridized carbons (Fsp3) is 0.429. The van der Waals surface area contributed by atoms with Crippen LogP contribution in [0.5, 0.6) is 0 Å². The zero-order chi connectivity index (χ0) is 13.7. The minimum atomic E-state index is -0.402. The van der Waals surface area contributed by atoms with E-state index in [-0.39, 0.29) is 0 Å². The normalized spacial score (nSPS) is 12.6. The van der Waals surface area contributed by atoms with Gasteiger partial charge in [-0.1, -0.05) is 17.7 Å². The average Bonchev–Trinajstić information content (AvgIpc) is 2.85. The molecule has 0 saturated heterocycles. The van der Waals surface area contributed by atoms with Crippen molar-refractivity contribution in [3.05, 3.63) is 42.0 Å². The number of thioether (sulfide) groups is 1. The van der Waals surface area contributed by atoms with Gasteiger partial charge in [-0.25, -0.2) is 4.98 Å². The van der Waals surface area contributed by atoms with E-state index in [9.17, 15) is 5.11 Å². The molecule has 0 radical (unpaired) electrons. The maximum atomic E-state index is 10.1. The third-order valence-corrected chi connectivity index (χ3v) is 4.03. The minimum absolute atomic E-state index is 0.402. The van der Waals surface area contributed by atoms with Crippen molar-refractivity contribution in [3.8, 4) is 0 Å². The van der Waals surface area contributed by atoms with Gasteiger partial charge in [0.1, 0.15) is 12.2 Å². The van der Waals surface area contributed by atoms with Crippen molar-refractivity contribution < 1.29 is 5.11 Å². The van der Waals surface area contributed by atoms with Gasteiger partial charge in [0.25, 0.3) is 0 Å². The van der Waals surface area contributed by atoms with Crippen LogP contribution < -0.4 is 0 Å². The van der Waals surface area contributed by atoms with Gasteiger partial charge in [-0.15, -0.1) is 11.8 Å². The summed E-state index contributed by atoms with van der Waals surface area (Å²) in [5.41, 5.74) is 1.25. The topological polar surface area (TPSA) is 50.9 Å². The Morgan fingerprint density at radius 1 is 1.32 bits per heavy atom. The Hall–Kier alpha value is -1.33. The summed E-state index contributed by atoms with van der Waals surface area (Å²) in [5, 5.41) is 14.2. The second kappa shape index (κ2) is 6.73. The molecule has 2 rings (SSSR count). The SMILES string of the molecule is CCn1ncnc1CC(O)CSc1ccc(C)cc1. The summed E-state index contributed by atoms with van der Waals surface area (Å²) in [7, 11) is 0. The van der Waals surface area contributed by atoms with Crippen molar-refractivity contribution >= 4 is 11.8 Å². The monoisotopic (exact) mass is 277 g/mol. The smallest absolute Gasteiger partial charge is 0.138 e. The van der Waals surface area contributed by atoms with Crippen LogP contribution in [0.25, 0.3) is 0 Å². The molecule has 0 fully saturated rings. The van der Waals surface area contributed by atoms with E-state index < -0.39 is 6.10 Å². The van der Waals surface area contributed by atoms with Crippen molar-refractivity contribution in [2.24, 2.45) is 0 Å². The molecule has 2 aromatic rings. The number of rotatable bonds is 6. The Morgan fingerprint density at radius 3 is 2.74 bits per heavy atom.